The molecule has 0 aliphatic rings. The second-order valence-electron chi connectivity index (χ2n) is 3.67. The number of ether oxygens (including phenoxy) is 1. The fourth-order valence-electron chi connectivity index (χ4n) is 1.74. The van der Waals surface area contributed by atoms with Crippen molar-refractivity contribution >= 4 is 15.9 Å². The monoisotopic (exact) mass is 276 g/mol. The van der Waals surface area contributed by atoms with Crippen LogP contribution in [0.15, 0.2) is 46.9 Å². The first-order chi connectivity index (χ1) is 7.72. The van der Waals surface area contributed by atoms with Crippen molar-refractivity contribution in [3.05, 3.63) is 52.5 Å². The maximum Gasteiger partial charge on any atom is 0.133 e. The number of rotatable bonds is 2. The molecular weight excluding hydrogens is 264 g/mol. The molecule has 0 spiro atoms. The quantitative estimate of drug-likeness (QED) is 0.788. The molecule has 0 radical (unpaired) electrons. The molecule has 2 aromatic carbocycles. The van der Waals surface area contributed by atoms with Gasteiger partial charge in [0.25, 0.3) is 0 Å². The van der Waals surface area contributed by atoms with E-state index in [9.17, 15) is 0 Å². The number of benzene rings is 2. The summed E-state index contributed by atoms with van der Waals surface area (Å²) in [5.74, 6) is 0.865. The fourth-order valence-corrected chi connectivity index (χ4v) is 2.36. The number of hydrogen-bond donors (Lipinski definition) is 0. The Morgan fingerprint density at radius 1 is 1.06 bits per heavy atom. The standard InChI is InChI=1S/C14H13BrO/c1-10-8-13(15)14(16-2)9-12(10)11-6-4-3-5-7-11/h3-9H,1-2H3. The third-order valence-electron chi connectivity index (χ3n) is 2.58. The zero-order valence-corrected chi connectivity index (χ0v) is 10.9. The van der Waals surface area contributed by atoms with Crippen molar-refractivity contribution in [2.45, 2.75) is 6.92 Å². The van der Waals surface area contributed by atoms with Crippen LogP contribution in [0, 0.1) is 6.92 Å². The fraction of sp³-hybridized carbons (Fsp3) is 0.143. The van der Waals surface area contributed by atoms with Crippen molar-refractivity contribution < 1.29 is 4.74 Å². The lowest BCUT2D eigenvalue weighted by molar-refractivity contribution is 0.412. The highest BCUT2D eigenvalue weighted by Gasteiger charge is 2.07. The zero-order chi connectivity index (χ0) is 11.5. The summed E-state index contributed by atoms with van der Waals surface area (Å²) in [6.07, 6.45) is 0. The highest BCUT2D eigenvalue weighted by molar-refractivity contribution is 9.10. The van der Waals surface area contributed by atoms with E-state index in [1.165, 1.54) is 16.7 Å². The van der Waals surface area contributed by atoms with Gasteiger partial charge >= 0.3 is 0 Å². The molecule has 16 heavy (non-hydrogen) atoms. The largest absolute Gasteiger partial charge is 0.496 e. The lowest BCUT2D eigenvalue weighted by Gasteiger charge is -2.10. The molecule has 2 rings (SSSR count). The predicted octanol–water partition coefficient (Wildman–Crippen LogP) is 4.43. The molecule has 2 aromatic rings. The van der Waals surface area contributed by atoms with Gasteiger partial charge in [-0.15, -0.1) is 0 Å². The van der Waals surface area contributed by atoms with Crippen LogP contribution in [0.3, 0.4) is 0 Å². The van der Waals surface area contributed by atoms with Gasteiger partial charge in [0.15, 0.2) is 0 Å². The number of methoxy groups -OCH3 is 1. The molecule has 1 nitrogen and oxygen atoms in total. The topological polar surface area (TPSA) is 9.23 Å². The number of hydrogen-bond acceptors (Lipinski definition) is 1. The van der Waals surface area contributed by atoms with E-state index in [2.05, 4.69) is 47.1 Å². The Bertz CT molecular complexity index is 492. The normalized spacial score (nSPS) is 10.2. The summed E-state index contributed by atoms with van der Waals surface area (Å²) in [5.41, 5.74) is 3.66. The molecule has 2 heteroatoms. The van der Waals surface area contributed by atoms with Gasteiger partial charge in [0.05, 0.1) is 11.6 Å². The van der Waals surface area contributed by atoms with Crippen LogP contribution in [-0.2, 0) is 0 Å². The average Bonchev–Trinajstić information content (AvgIpc) is 2.30. The zero-order valence-electron chi connectivity index (χ0n) is 9.33. The van der Waals surface area contributed by atoms with Gasteiger partial charge in [-0.2, -0.15) is 0 Å². The number of aryl methyl sites for hydroxylation is 1. The lowest BCUT2D eigenvalue weighted by atomic mass is 10.0. The first-order valence-corrected chi connectivity index (χ1v) is 5.91. The first kappa shape index (κ1) is 11.2. The molecule has 0 aliphatic heterocycles. The minimum Gasteiger partial charge on any atom is -0.496 e. The summed E-state index contributed by atoms with van der Waals surface area (Å²) in [6.45, 7) is 2.10. The van der Waals surface area contributed by atoms with E-state index in [-0.39, 0.29) is 0 Å². The molecule has 82 valence electrons. The van der Waals surface area contributed by atoms with Crippen LogP contribution in [0.25, 0.3) is 11.1 Å². The van der Waals surface area contributed by atoms with Crippen LogP contribution in [-0.4, -0.2) is 7.11 Å². The van der Waals surface area contributed by atoms with Crippen LogP contribution in [0.2, 0.25) is 0 Å². The van der Waals surface area contributed by atoms with Gasteiger partial charge < -0.3 is 4.74 Å². The predicted molar refractivity (Wildman–Crippen MR) is 70.9 cm³/mol. The third-order valence-corrected chi connectivity index (χ3v) is 3.20. The Kier molecular flexibility index (Phi) is 3.30. The first-order valence-electron chi connectivity index (χ1n) is 5.12. The smallest absolute Gasteiger partial charge is 0.133 e. The molecule has 0 saturated carbocycles. The summed E-state index contributed by atoms with van der Waals surface area (Å²) in [7, 11) is 1.68. The molecule has 0 aliphatic carbocycles. The van der Waals surface area contributed by atoms with Gasteiger partial charge in [-0.3, -0.25) is 0 Å². The highest BCUT2D eigenvalue weighted by atomic mass is 79.9. The van der Waals surface area contributed by atoms with Crippen molar-refractivity contribution in [1.29, 1.82) is 0 Å². The van der Waals surface area contributed by atoms with Gasteiger partial charge in [-0.25, -0.2) is 0 Å². The molecular formula is C14H13BrO. The van der Waals surface area contributed by atoms with E-state index in [4.69, 9.17) is 4.74 Å². The molecule has 0 saturated heterocycles. The summed E-state index contributed by atoms with van der Waals surface area (Å²) in [4.78, 5) is 0. The minimum atomic E-state index is 0.865. The van der Waals surface area contributed by atoms with Gasteiger partial charge in [0.2, 0.25) is 0 Å². The van der Waals surface area contributed by atoms with E-state index < -0.39 is 0 Å². The van der Waals surface area contributed by atoms with Crippen LogP contribution in [0.4, 0.5) is 0 Å². The van der Waals surface area contributed by atoms with Crippen molar-refractivity contribution in [3.8, 4) is 16.9 Å². The molecule has 0 fully saturated rings. The summed E-state index contributed by atoms with van der Waals surface area (Å²) >= 11 is 3.49. The Balaban J connectivity index is 2.57. The molecule has 0 amide bonds. The van der Waals surface area contributed by atoms with Crippen molar-refractivity contribution in [1.82, 2.24) is 0 Å². The van der Waals surface area contributed by atoms with Crippen LogP contribution in [0.5, 0.6) is 5.75 Å². The molecule has 0 heterocycles. The van der Waals surface area contributed by atoms with Crippen molar-refractivity contribution in [2.75, 3.05) is 7.11 Å². The minimum absolute atomic E-state index is 0.865. The molecule has 0 aromatic heterocycles. The van der Waals surface area contributed by atoms with Gasteiger partial charge in [0, 0.05) is 0 Å². The Labute approximate surface area is 104 Å². The summed E-state index contributed by atoms with van der Waals surface area (Å²) < 4.78 is 6.31. The Morgan fingerprint density at radius 3 is 2.38 bits per heavy atom. The highest BCUT2D eigenvalue weighted by Crippen LogP contribution is 2.33. The van der Waals surface area contributed by atoms with E-state index in [1.807, 2.05) is 18.2 Å². The maximum absolute atomic E-state index is 5.32. The molecule has 0 bridgehead atoms. The second-order valence-corrected chi connectivity index (χ2v) is 4.52. The van der Waals surface area contributed by atoms with Crippen LogP contribution in [0.1, 0.15) is 5.56 Å². The van der Waals surface area contributed by atoms with Gasteiger partial charge in [-0.1, -0.05) is 30.3 Å². The summed E-state index contributed by atoms with van der Waals surface area (Å²) in [5, 5.41) is 0. The van der Waals surface area contributed by atoms with E-state index in [0.717, 1.165) is 10.2 Å². The average molecular weight is 277 g/mol. The summed E-state index contributed by atoms with van der Waals surface area (Å²) in [6, 6.07) is 14.5. The Morgan fingerprint density at radius 2 is 1.75 bits per heavy atom. The van der Waals surface area contributed by atoms with Crippen LogP contribution >= 0.6 is 15.9 Å². The van der Waals surface area contributed by atoms with E-state index in [0.29, 0.717) is 0 Å². The number of halogens is 1. The SMILES string of the molecule is COc1cc(-c2ccccc2)c(C)cc1Br. The third kappa shape index (κ3) is 2.12. The van der Waals surface area contributed by atoms with Crippen molar-refractivity contribution in [2.24, 2.45) is 0 Å². The van der Waals surface area contributed by atoms with E-state index in [1.54, 1.807) is 7.11 Å². The molecule has 0 atom stereocenters. The van der Waals surface area contributed by atoms with E-state index >= 15 is 0 Å². The molecule has 0 N–H and O–H groups in total. The van der Waals surface area contributed by atoms with Gasteiger partial charge in [-0.05, 0) is 51.7 Å². The van der Waals surface area contributed by atoms with Crippen LogP contribution < -0.4 is 4.74 Å². The van der Waals surface area contributed by atoms with Crippen molar-refractivity contribution in [3.63, 3.8) is 0 Å². The maximum atomic E-state index is 5.32. The lowest BCUT2D eigenvalue weighted by Crippen LogP contribution is -1.89. The second kappa shape index (κ2) is 4.71. The van der Waals surface area contributed by atoms with Gasteiger partial charge in [0.1, 0.15) is 5.75 Å². The molecule has 0 unspecified atom stereocenters. The Hall–Kier alpha value is -1.28.